The number of aryl methyl sites for hydroxylation is 1. The van der Waals surface area contributed by atoms with Crippen LogP contribution in [0, 0.1) is 11.3 Å². The van der Waals surface area contributed by atoms with Gasteiger partial charge in [-0.05, 0) is 42.3 Å². The van der Waals surface area contributed by atoms with Crippen LogP contribution in [0.25, 0.3) is 0 Å². The zero-order valence-electron chi connectivity index (χ0n) is 17.2. The lowest BCUT2D eigenvalue weighted by Crippen LogP contribution is -2.22. The van der Waals surface area contributed by atoms with Gasteiger partial charge in [0.05, 0.1) is 29.5 Å². The second-order valence-electron chi connectivity index (χ2n) is 6.57. The number of hydrogen-bond acceptors (Lipinski definition) is 6. The van der Waals surface area contributed by atoms with E-state index in [1.54, 1.807) is 24.3 Å². The van der Waals surface area contributed by atoms with Gasteiger partial charge in [0.25, 0.3) is 5.91 Å². The molecule has 0 heterocycles. The van der Waals surface area contributed by atoms with Gasteiger partial charge >= 0.3 is 12.1 Å². The molecule has 0 radical (unpaired) electrons. The van der Waals surface area contributed by atoms with E-state index in [1.807, 2.05) is 6.07 Å². The van der Waals surface area contributed by atoms with Gasteiger partial charge in [-0.15, -0.1) is 0 Å². The van der Waals surface area contributed by atoms with Crippen LogP contribution in [0.2, 0.25) is 0 Å². The third-order valence-electron chi connectivity index (χ3n) is 4.19. The van der Waals surface area contributed by atoms with Crippen LogP contribution in [-0.2, 0) is 31.7 Å². The number of alkyl halides is 3. The molecule has 0 saturated carbocycles. The van der Waals surface area contributed by atoms with Gasteiger partial charge in [0.2, 0.25) is 0 Å². The Labute approximate surface area is 182 Å². The monoisotopic (exact) mass is 450 g/mol. The SMILES string of the molecule is COCCOc1ccc(C(F)(F)F)cc1NC(=O)COC(=O)CCc1ccc(C#N)cc1. The van der Waals surface area contributed by atoms with Gasteiger partial charge in [-0.3, -0.25) is 9.59 Å². The first-order valence-corrected chi connectivity index (χ1v) is 9.50. The van der Waals surface area contributed by atoms with E-state index in [2.05, 4.69) is 5.32 Å². The average molecular weight is 450 g/mol. The molecule has 0 spiro atoms. The molecule has 0 aromatic heterocycles. The van der Waals surface area contributed by atoms with Crippen LogP contribution in [0.1, 0.15) is 23.1 Å². The number of nitrogens with one attached hydrogen (secondary N) is 1. The fraction of sp³-hybridized carbons (Fsp3) is 0.318. The van der Waals surface area contributed by atoms with Crippen LogP contribution in [0.5, 0.6) is 5.75 Å². The maximum absolute atomic E-state index is 13.0. The summed E-state index contributed by atoms with van der Waals surface area (Å²) in [5.74, 6) is -1.44. The highest BCUT2D eigenvalue weighted by Crippen LogP contribution is 2.35. The smallest absolute Gasteiger partial charge is 0.416 e. The molecule has 0 fully saturated rings. The van der Waals surface area contributed by atoms with Gasteiger partial charge in [-0.2, -0.15) is 18.4 Å². The number of esters is 1. The number of carbonyl (C=O) groups excluding carboxylic acids is 2. The molecular formula is C22H21F3N2O5. The van der Waals surface area contributed by atoms with E-state index in [1.165, 1.54) is 7.11 Å². The molecule has 10 heteroatoms. The molecular weight excluding hydrogens is 429 g/mol. The zero-order valence-corrected chi connectivity index (χ0v) is 17.2. The Bertz CT molecular complexity index is 969. The maximum atomic E-state index is 13.0. The Kier molecular flexibility index (Phi) is 9.04. The van der Waals surface area contributed by atoms with Crippen molar-refractivity contribution in [2.45, 2.75) is 19.0 Å². The van der Waals surface area contributed by atoms with Gasteiger partial charge in [-0.25, -0.2) is 0 Å². The Balaban J connectivity index is 1.92. The van der Waals surface area contributed by atoms with Gasteiger partial charge in [-0.1, -0.05) is 12.1 Å². The summed E-state index contributed by atoms with van der Waals surface area (Å²) in [6.45, 7) is -0.402. The number of anilines is 1. The molecule has 2 aromatic rings. The minimum atomic E-state index is -4.61. The molecule has 0 saturated heterocycles. The van der Waals surface area contributed by atoms with Crippen molar-refractivity contribution >= 4 is 17.6 Å². The molecule has 7 nitrogen and oxygen atoms in total. The van der Waals surface area contributed by atoms with Crippen molar-refractivity contribution in [1.29, 1.82) is 5.26 Å². The summed E-state index contributed by atoms with van der Waals surface area (Å²) in [6.07, 6.45) is -4.27. The number of ether oxygens (including phenoxy) is 3. The quantitative estimate of drug-likeness (QED) is 0.438. The summed E-state index contributed by atoms with van der Waals surface area (Å²) in [5, 5.41) is 11.0. The fourth-order valence-electron chi connectivity index (χ4n) is 2.56. The predicted octanol–water partition coefficient (Wildman–Crippen LogP) is 3.72. The summed E-state index contributed by atoms with van der Waals surface area (Å²) in [4.78, 5) is 24.0. The van der Waals surface area contributed by atoms with Crippen molar-refractivity contribution in [3.05, 3.63) is 59.2 Å². The highest BCUT2D eigenvalue weighted by atomic mass is 19.4. The third-order valence-corrected chi connectivity index (χ3v) is 4.19. The van der Waals surface area contributed by atoms with Crippen molar-refractivity contribution in [2.75, 3.05) is 32.2 Å². The number of nitrogens with zero attached hydrogens (tertiary/aromatic N) is 1. The second kappa shape index (κ2) is 11.7. The fourth-order valence-corrected chi connectivity index (χ4v) is 2.56. The lowest BCUT2D eigenvalue weighted by atomic mass is 10.1. The predicted molar refractivity (Wildman–Crippen MR) is 108 cm³/mol. The number of benzene rings is 2. The van der Waals surface area contributed by atoms with Crippen LogP contribution >= 0.6 is 0 Å². The molecule has 0 unspecified atom stereocenters. The molecule has 0 aliphatic heterocycles. The highest BCUT2D eigenvalue weighted by Gasteiger charge is 2.31. The number of methoxy groups -OCH3 is 1. The Morgan fingerprint density at radius 2 is 1.81 bits per heavy atom. The lowest BCUT2D eigenvalue weighted by molar-refractivity contribution is -0.147. The molecule has 2 aromatic carbocycles. The van der Waals surface area contributed by atoms with Gasteiger partial charge in [0.1, 0.15) is 12.4 Å². The van der Waals surface area contributed by atoms with Crippen LogP contribution in [-0.4, -0.2) is 38.8 Å². The Hall–Kier alpha value is -3.58. The van der Waals surface area contributed by atoms with Crippen molar-refractivity contribution in [1.82, 2.24) is 0 Å². The number of halogens is 3. The number of rotatable bonds is 10. The number of carbonyl (C=O) groups is 2. The molecule has 170 valence electrons. The largest absolute Gasteiger partial charge is 0.489 e. The first kappa shape index (κ1) is 24.7. The van der Waals surface area contributed by atoms with Crippen LogP contribution in [0.3, 0.4) is 0 Å². The number of hydrogen-bond donors (Lipinski definition) is 1. The summed E-state index contributed by atoms with van der Waals surface area (Å²) in [7, 11) is 1.44. The standard InChI is InChI=1S/C22H21F3N2O5/c1-30-10-11-31-19-8-7-17(22(23,24)25)12-18(19)27-20(28)14-32-21(29)9-6-15-2-4-16(13-26)5-3-15/h2-5,7-8,12H,6,9-11,14H2,1H3,(H,27,28). The highest BCUT2D eigenvalue weighted by molar-refractivity contribution is 5.94. The normalized spacial score (nSPS) is 10.8. The molecule has 32 heavy (non-hydrogen) atoms. The van der Waals surface area contributed by atoms with Gasteiger partial charge in [0.15, 0.2) is 6.61 Å². The summed E-state index contributed by atoms with van der Waals surface area (Å²) >= 11 is 0. The van der Waals surface area contributed by atoms with Crippen molar-refractivity contribution in [3.8, 4) is 11.8 Å². The van der Waals surface area contributed by atoms with Gasteiger partial charge in [0, 0.05) is 13.5 Å². The van der Waals surface area contributed by atoms with E-state index in [0.29, 0.717) is 12.0 Å². The van der Waals surface area contributed by atoms with Gasteiger partial charge < -0.3 is 19.5 Å². The second-order valence-corrected chi connectivity index (χ2v) is 6.57. The van der Waals surface area contributed by atoms with E-state index in [0.717, 1.165) is 23.8 Å². The number of nitriles is 1. The van der Waals surface area contributed by atoms with E-state index >= 15 is 0 Å². The first-order chi connectivity index (χ1) is 15.2. The zero-order chi connectivity index (χ0) is 23.6. The molecule has 1 amide bonds. The minimum absolute atomic E-state index is 0.00584. The van der Waals surface area contributed by atoms with Crippen LogP contribution in [0.15, 0.2) is 42.5 Å². The average Bonchev–Trinajstić information content (AvgIpc) is 2.77. The summed E-state index contributed by atoms with van der Waals surface area (Å²) in [5.41, 5.74) is 0.140. The maximum Gasteiger partial charge on any atom is 0.416 e. The van der Waals surface area contributed by atoms with Crippen LogP contribution < -0.4 is 10.1 Å². The van der Waals surface area contributed by atoms with Crippen LogP contribution in [0.4, 0.5) is 18.9 Å². The molecule has 0 bridgehead atoms. The Morgan fingerprint density at radius 1 is 1.09 bits per heavy atom. The summed E-state index contributed by atoms with van der Waals surface area (Å²) in [6, 6.07) is 11.3. The minimum Gasteiger partial charge on any atom is -0.489 e. The molecule has 0 aliphatic carbocycles. The first-order valence-electron chi connectivity index (χ1n) is 9.50. The van der Waals surface area contributed by atoms with E-state index < -0.39 is 30.2 Å². The third kappa shape index (κ3) is 7.92. The topological polar surface area (TPSA) is 97.7 Å². The van der Waals surface area contributed by atoms with E-state index in [9.17, 15) is 22.8 Å². The Morgan fingerprint density at radius 3 is 2.44 bits per heavy atom. The van der Waals surface area contributed by atoms with Crippen molar-refractivity contribution < 1.29 is 37.0 Å². The lowest BCUT2D eigenvalue weighted by Gasteiger charge is -2.15. The molecule has 2 rings (SSSR count). The van der Waals surface area contributed by atoms with E-state index in [4.69, 9.17) is 19.5 Å². The summed E-state index contributed by atoms with van der Waals surface area (Å²) < 4.78 is 54.1. The van der Waals surface area contributed by atoms with Crippen molar-refractivity contribution in [2.24, 2.45) is 0 Å². The molecule has 0 atom stereocenters. The number of amides is 1. The molecule has 0 aliphatic rings. The van der Waals surface area contributed by atoms with Crippen molar-refractivity contribution in [3.63, 3.8) is 0 Å². The molecule has 1 N–H and O–H groups in total. The van der Waals surface area contributed by atoms with E-state index in [-0.39, 0.29) is 31.1 Å².